The van der Waals surface area contributed by atoms with Gasteiger partial charge in [0.05, 0.1) is 6.04 Å². The topological polar surface area (TPSA) is 45.2 Å². The van der Waals surface area contributed by atoms with Gasteiger partial charge < -0.3 is 4.90 Å². The lowest BCUT2D eigenvalue weighted by atomic mass is 9.97. The highest BCUT2D eigenvalue weighted by Crippen LogP contribution is 2.30. The van der Waals surface area contributed by atoms with E-state index in [0.29, 0.717) is 5.11 Å². The first-order valence-corrected chi connectivity index (χ1v) is 8.99. The van der Waals surface area contributed by atoms with E-state index < -0.39 is 0 Å². The molecule has 1 aliphatic heterocycles. The van der Waals surface area contributed by atoms with Gasteiger partial charge in [0.2, 0.25) is 5.91 Å². The van der Waals surface area contributed by atoms with Gasteiger partial charge in [0.1, 0.15) is 5.82 Å². The third kappa shape index (κ3) is 4.73. The van der Waals surface area contributed by atoms with Crippen LogP contribution in [0.2, 0.25) is 0 Å². The van der Waals surface area contributed by atoms with Gasteiger partial charge in [-0.25, -0.2) is 4.39 Å². The molecule has 0 unspecified atom stereocenters. The van der Waals surface area contributed by atoms with Gasteiger partial charge in [0, 0.05) is 25.0 Å². The van der Waals surface area contributed by atoms with Gasteiger partial charge in [-0.05, 0) is 66.9 Å². The number of carbonyl (C=O) groups excluding carboxylic acids is 1. The van der Waals surface area contributed by atoms with Crippen LogP contribution in [-0.4, -0.2) is 27.4 Å². The largest absolute Gasteiger partial charge is 0.342 e. The molecule has 1 fully saturated rings. The third-order valence-electron chi connectivity index (χ3n) is 4.36. The Morgan fingerprint density at radius 1 is 1.27 bits per heavy atom. The van der Waals surface area contributed by atoms with E-state index in [1.54, 1.807) is 24.4 Å². The minimum Gasteiger partial charge on any atom is -0.342 e. The Hall–Kier alpha value is -2.60. The number of amides is 1. The Kier molecular flexibility index (Phi) is 6.07. The Morgan fingerprint density at radius 3 is 2.81 bits per heavy atom. The van der Waals surface area contributed by atoms with Gasteiger partial charge in [0.25, 0.3) is 0 Å². The summed E-state index contributed by atoms with van der Waals surface area (Å²) in [7, 11) is 0. The smallest absolute Gasteiger partial charge is 0.250 e. The molecule has 0 saturated carbocycles. The second kappa shape index (κ2) is 8.67. The Morgan fingerprint density at radius 2 is 2.08 bits per heavy atom. The predicted octanol–water partition coefficient (Wildman–Crippen LogP) is 3.86. The van der Waals surface area contributed by atoms with Gasteiger partial charge in [-0.3, -0.25) is 15.1 Å². The summed E-state index contributed by atoms with van der Waals surface area (Å²) in [5, 5.41) is 3.19. The van der Waals surface area contributed by atoms with Crippen LogP contribution in [0.15, 0.2) is 54.9 Å². The van der Waals surface area contributed by atoms with Gasteiger partial charge in [0.15, 0.2) is 5.11 Å². The molecule has 3 rings (SSSR count). The second-order valence-corrected chi connectivity index (χ2v) is 6.56. The van der Waals surface area contributed by atoms with Crippen molar-refractivity contribution in [3.63, 3.8) is 0 Å². The molecule has 2 heterocycles. The molecule has 0 bridgehead atoms. The molecule has 1 aromatic carbocycles. The summed E-state index contributed by atoms with van der Waals surface area (Å²) in [6.45, 7) is 0.806. The normalized spacial score (nSPS) is 17.3. The summed E-state index contributed by atoms with van der Waals surface area (Å²) in [4.78, 5) is 18.4. The van der Waals surface area contributed by atoms with Crippen molar-refractivity contribution in [3.8, 4) is 0 Å². The Balaban J connectivity index is 1.63. The molecule has 1 N–H and O–H groups in total. The van der Waals surface area contributed by atoms with Crippen LogP contribution in [0.25, 0.3) is 6.08 Å². The van der Waals surface area contributed by atoms with Gasteiger partial charge >= 0.3 is 0 Å². The quantitative estimate of drug-likeness (QED) is 0.659. The number of nitrogens with zero attached hydrogens (tertiary/aromatic N) is 2. The van der Waals surface area contributed by atoms with Crippen LogP contribution in [0.1, 0.15) is 36.4 Å². The van der Waals surface area contributed by atoms with E-state index in [1.807, 2.05) is 18.3 Å². The average Bonchev–Trinajstić information content (AvgIpc) is 2.68. The van der Waals surface area contributed by atoms with Crippen LogP contribution < -0.4 is 5.32 Å². The summed E-state index contributed by atoms with van der Waals surface area (Å²) < 4.78 is 12.9. The van der Waals surface area contributed by atoms with Crippen molar-refractivity contribution in [2.75, 3.05) is 6.54 Å². The van der Waals surface area contributed by atoms with Crippen LogP contribution in [0.5, 0.6) is 0 Å². The summed E-state index contributed by atoms with van der Waals surface area (Å²) in [5.74, 6) is -0.603. The minimum absolute atomic E-state index is 0.131. The highest BCUT2D eigenvalue weighted by Gasteiger charge is 2.26. The van der Waals surface area contributed by atoms with E-state index in [1.165, 1.54) is 18.2 Å². The molecule has 2 aromatic rings. The van der Waals surface area contributed by atoms with Gasteiger partial charge in [-0.15, -0.1) is 0 Å². The van der Waals surface area contributed by atoms with E-state index in [9.17, 15) is 9.18 Å². The van der Waals surface area contributed by atoms with E-state index in [2.05, 4.69) is 15.2 Å². The molecule has 4 nitrogen and oxygen atoms in total. The number of pyridine rings is 1. The lowest BCUT2D eigenvalue weighted by Crippen LogP contribution is -2.46. The average molecular weight is 369 g/mol. The van der Waals surface area contributed by atoms with Crippen molar-refractivity contribution in [3.05, 3.63) is 71.8 Å². The monoisotopic (exact) mass is 369 g/mol. The van der Waals surface area contributed by atoms with Gasteiger partial charge in [-0.1, -0.05) is 18.2 Å². The molecule has 1 saturated heterocycles. The van der Waals surface area contributed by atoms with Crippen molar-refractivity contribution in [2.45, 2.75) is 25.3 Å². The van der Waals surface area contributed by atoms with Crippen molar-refractivity contribution < 1.29 is 9.18 Å². The fourth-order valence-electron chi connectivity index (χ4n) is 3.06. The lowest BCUT2D eigenvalue weighted by molar-refractivity contribution is -0.115. The summed E-state index contributed by atoms with van der Waals surface area (Å²) in [6, 6.07) is 10.0. The molecule has 1 aliphatic rings. The fraction of sp³-hybridized carbons (Fsp3) is 0.250. The highest BCUT2D eigenvalue weighted by atomic mass is 32.1. The van der Waals surface area contributed by atoms with Crippen molar-refractivity contribution >= 4 is 29.3 Å². The molecule has 1 atom stereocenters. The fourth-order valence-corrected chi connectivity index (χ4v) is 3.38. The van der Waals surface area contributed by atoms with Crippen LogP contribution >= 0.6 is 12.2 Å². The Labute approximate surface area is 157 Å². The maximum Gasteiger partial charge on any atom is 0.250 e. The van der Waals surface area contributed by atoms with E-state index in [-0.39, 0.29) is 17.8 Å². The van der Waals surface area contributed by atoms with Gasteiger partial charge in [-0.2, -0.15) is 0 Å². The maximum absolute atomic E-state index is 12.9. The zero-order valence-electron chi connectivity index (χ0n) is 14.3. The molecular weight excluding hydrogens is 349 g/mol. The van der Waals surface area contributed by atoms with Crippen LogP contribution in [0.3, 0.4) is 0 Å². The standard InChI is InChI=1S/C20H20FN3OS/c21-17-9-6-15(7-10-17)8-11-19(25)23-20(26)24-13-2-1-5-18(24)16-4-3-12-22-14-16/h3-4,6-12,14,18H,1-2,5,13H2,(H,23,25,26)/b11-8+/t18-/m0/s1. The second-order valence-electron chi connectivity index (χ2n) is 6.17. The Bertz CT molecular complexity index is 792. The number of likely N-dealkylation sites (tertiary alicyclic amines) is 1. The number of hydrogen-bond donors (Lipinski definition) is 1. The molecule has 134 valence electrons. The maximum atomic E-state index is 12.9. The van der Waals surface area contributed by atoms with Crippen molar-refractivity contribution in [1.29, 1.82) is 0 Å². The summed E-state index contributed by atoms with van der Waals surface area (Å²) in [5.41, 5.74) is 1.85. The molecular formula is C20H20FN3OS. The summed E-state index contributed by atoms with van der Waals surface area (Å²) >= 11 is 5.47. The van der Waals surface area contributed by atoms with Crippen molar-refractivity contribution in [1.82, 2.24) is 15.2 Å². The number of aromatic nitrogens is 1. The number of rotatable bonds is 3. The number of hydrogen-bond acceptors (Lipinski definition) is 3. The highest BCUT2D eigenvalue weighted by molar-refractivity contribution is 7.80. The van der Waals surface area contributed by atoms with E-state index in [4.69, 9.17) is 12.2 Å². The van der Waals surface area contributed by atoms with Crippen molar-refractivity contribution in [2.24, 2.45) is 0 Å². The molecule has 0 aliphatic carbocycles. The first-order chi connectivity index (χ1) is 12.6. The first kappa shape index (κ1) is 18.2. The zero-order valence-corrected chi connectivity index (χ0v) is 15.1. The van der Waals surface area contributed by atoms with Crippen LogP contribution in [-0.2, 0) is 4.79 Å². The molecule has 1 aromatic heterocycles. The lowest BCUT2D eigenvalue weighted by Gasteiger charge is -2.37. The number of nitrogens with one attached hydrogen (secondary N) is 1. The summed E-state index contributed by atoms with van der Waals surface area (Å²) in [6.07, 6.45) is 9.77. The number of piperidine rings is 1. The van der Waals surface area contributed by atoms with Crippen LogP contribution in [0, 0.1) is 5.82 Å². The SMILES string of the molecule is O=C(/C=C/c1ccc(F)cc1)NC(=S)N1CCCC[C@H]1c1cccnc1. The minimum atomic E-state index is -0.306. The number of carbonyl (C=O) groups is 1. The molecule has 6 heteroatoms. The molecule has 26 heavy (non-hydrogen) atoms. The number of thiocarbonyl (C=S) groups is 1. The van der Waals surface area contributed by atoms with E-state index >= 15 is 0 Å². The number of halogens is 1. The molecule has 1 amide bonds. The number of benzene rings is 1. The molecule has 0 radical (unpaired) electrons. The van der Waals surface area contributed by atoms with E-state index in [0.717, 1.165) is 36.9 Å². The molecule has 0 spiro atoms. The van der Waals surface area contributed by atoms with Crippen LogP contribution in [0.4, 0.5) is 4.39 Å². The zero-order chi connectivity index (χ0) is 18.4. The first-order valence-electron chi connectivity index (χ1n) is 8.58. The third-order valence-corrected chi connectivity index (χ3v) is 4.70. The predicted molar refractivity (Wildman–Crippen MR) is 104 cm³/mol.